The maximum absolute atomic E-state index is 13.4. The van der Waals surface area contributed by atoms with Crippen LogP contribution < -0.4 is 11.2 Å². The van der Waals surface area contributed by atoms with Crippen molar-refractivity contribution in [2.45, 2.75) is 39.1 Å². The van der Waals surface area contributed by atoms with Gasteiger partial charge in [0, 0.05) is 37.6 Å². The molecule has 1 N–H and O–H groups in total. The number of fused-ring (bicyclic) bond motifs is 2. The van der Waals surface area contributed by atoms with E-state index in [4.69, 9.17) is 0 Å². The first-order valence-corrected chi connectivity index (χ1v) is 11.5. The van der Waals surface area contributed by atoms with Crippen molar-refractivity contribution in [2.24, 2.45) is 0 Å². The van der Waals surface area contributed by atoms with Crippen LogP contribution in [0, 0.1) is 6.92 Å². The van der Waals surface area contributed by atoms with Crippen molar-refractivity contribution in [3.05, 3.63) is 104 Å². The van der Waals surface area contributed by atoms with E-state index in [-0.39, 0.29) is 18.6 Å². The largest absolute Gasteiger partial charge is 0.390 e. The molecule has 8 heteroatoms. The fourth-order valence-corrected chi connectivity index (χ4v) is 4.64. The number of aromatic nitrogens is 4. The van der Waals surface area contributed by atoms with E-state index >= 15 is 0 Å². The molecule has 1 aliphatic rings. The molecule has 0 aliphatic carbocycles. The highest BCUT2D eigenvalue weighted by atomic mass is 16.3. The molecule has 5 rings (SSSR count). The lowest BCUT2D eigenvalue weighted by atomic mass is 10.00. The normalized spacial score (nSPS) is 14.8. The Kier molecular flexibility index (Phi) is 6.08. The number of nitrogens with zero attached hydrogens (tertiary/aromatic N) is 5. The van der Waals surface area contributed by atoms with Gasteiger partial charge in [0.05, 0.1) is 30.1 Å². The zero-order valence-corrected chi connectivity index (χ0v) is 19.1. The van der Waals surface area contributed by atoms with Gasteiger partial charge >= 0.3 is 5.69 Å². The molecule has 4 aromatic rings. The molecule has 1 unspecified atom stereocenters. The number of para-hydroxylation sites is 1. The van der Waals surface area contributed by atoms with Crippen LogP contribution in [-0.2, 0) is 26.1 Å². The highest BCUT2D eigenvalue weighted by Gasteiger charge is 2.21. The van der Waals surface area contributed by atoms with Gasteiger partial charge in [-0.2, -0.15) is 0 Å². The van der Waals surface area contributed by atoms with Crippen LogP contribution >= 0.6 is 0 Å². The number of aliphatic hydroxyl groups is 1. The summed E-state index contributed by atoms with van der Waals surface area (Å²) in [5, 5.41) is 11.3. The van der Waals surface area contributed by atoms with Crippen molar-refractivity contribution in [1.82, 2.24) is 24.0 Å². The van der Waals surface area contributed by atoms with Gasteiger partial charge < -0.3 is 5.11 Å². The number of aryl methyl sites for hydroxylation is 1. The molecule has 2 aromatic heterocycles. The van der Waals surface area contributed by atoms with Gasteiger partial charge in [0.15, 0.2) is 0 Å². The molecule has 1 atom stereocenters. The van der Waals surface area contributed by atoms with Crippen LogP contribution in [-0.4, -0.2) is 48.3 Å². The molecule has 174 valence electrons. The first-order chi connectivity index (χ1) is 16.5. The van der Waals surface area contributed by atoms with Gasteiger partial charge in [0.2, 0.25) is 0 Å². The van der Waals surface area contributed by atoms with Crippen molar-refractivity contribution in [3.8, 4) is 0 Å². The topological polar surface area (TPSA) is 93.2 Å². The third-order valence-corrected chi connectivity index (χ3v) is 6.38. The first-order valence-electron chi connectivity index (χ1n) is 11.5. The fourth-order valence-electron chi connectivity index (χ4n) is 4.64. The lowest BCUT2D eigenvalue weighted by Gasteiger charge is -2.30. The van der Waals surface area contributed by atoms with E-state index in [0.717, 1.165) is 29.6 Å². The van der Waals surface area contributed by atoms with Crippen LogP contribution in [0.4, 0.5) is 0 Å². The van der Waals surface area contributed by atoms with Crippen LogP contribution in [0.15, 0.2) is 70.5 Å². The highest BCUT2D eigenvalue weighted by Crippen LogP contribution is 2.18. The summed E-state index contributed by atoms with van der Waals surface area (Å²) in [5.41, 5.74) is 3.06. The second-order valence-corrected chi connectivity index (χ2v) is 8.85. The Morgan fingerprint density at radius 1 is 0.941 bits per heavy atom. The van der Waals surface area contributed by atoms with Crippen LogP contribution in [0.5, 0.6) is 0 Å². The Balaban J connectivity index is 1.43. The molecule has 3 heterocycles. The summed E-state index contributed by atoms with van der Waals surface area (Å²) in [6.07, 6.45) is 3.43. The number of benzene rings is 2. The van der Waals surface area contributed by atoms with E-state index in [0.29, 0.717) is 23.3 Å². The smallest absolute Gasteiger partial charge is 0.331 e. The summed E-state index contributed by atoms with van der Waals surface area (Å²) < 4.78 is 2.70. The average Bonchev–Trinajstić information content (AvgIpc) is 2.85. The number of hydrogen-bond donors (Lipinski definition) is 1. The fraction of sp³-hybridized carbons (Fsp3) is 0.308. The summed E-state index contributed by atoms with van der Waals surface area (Å²) in [6.45, 7) is 3.94. The summed E-state index contributed by atoms with van der Waals surface area (Å²) in [6, 6.07) is 15.4. The van der Waals surface area contributed by atoms with Gasteiger partial charge in [-0.1, -0.05) is 36.4 Å². The quantitative estimate of drug-likeness (QED) is 0.474. The summed E-state index contributed by atoms with van der Waals surface area (Å²) >= 11 is 0. The maximum Gasteiger partial charge on any atom is 0.331 e. The Hall–Kier alpha value is -3.62. The monoisotopic (exact) mass is 457 g/mol. The van der Waals surface area contributed by atoms with Crippen molar-refractivity contribution in [1.29, 1.82) is 0 Å². The summed E-state index contributed by atoms with van der Waals surface area (Å²) in [5.74, 6) is 0.648. The second kappa shape index (κ2) is 9.32. The molecule has 0 amide bonds. The third kappa shape index (κ3) is 4.42. The minimum absolute atomic E-state index is 0.0644. The van der Waals surface area contributed by atoms with Gasteiger partial charge in [-0.25, -0.2) is 14.8 Å². The average molecular weight is 458 g/mol. The molecular weight excluding hydrogens is 430 g/mol. The van der Waals surface area contributed by atoms with Gasteiger partial charge in [0.1, 0.15) is 5.82 Å². The Morgan fingerprint density at radius 2 is 1.65 bits per heavy atom. The van der Waals surface area contributed by atoms with Crippen molar-refractivity contribution in [2.75, 3.05) is 13.1 Å². The molecule has 1 aliphatic heterocycles. The number of hydrogen-bond acceptors (Lipinski definition) is 6. The van der Waals surface area contributed by atoms with Gasteiger partial charge in [-0.05, 0) is 36.6 Å². The highest BCUT2D eigenvalue weighted by molar-refractivity contribution is 5.77. The maximum atomic E-state index is 13.4. The summed E-state index contributed by atoms with van der Waals surface area (Å²) in [4.78, 5) is 37.2. The third-order valence-electron chi connectivity index (χ3n) is 6.38. The van der Waals surface area contributed by atoms with Gasteiger partial charge in [-0.3, -0.25) is 18.8 Å². The van der Waals surface area contributed by atoms with Crippen LogP contribution in [0.3, 0.4) is 0 Å². The molecule has 0 saturated carbocycles. The molecular formula is C26H27N5O3. The van der Waals surface area contributed by atoms with Crippen molar-refractivity contribution < 1.29 is 5.11 Å². The van der Waals surface area contributed by atoms with E-state index < -0.39 is 11.8 Å². The predicted molar refractivity (Wildman–Crippen MR) is 130 cm³/mol. The zero-order valence-electron chi connectivity index (χ0n) is 19.1. The number of rotatable bonds is 6. The Morgan fingerprint density at radius 3 is 2.44 bits per heavy atom. The minimum atomic E-state index is -0.854. The lowest BCUT2D eigenvalue weighted by Crippen LogP contribution is -2.45. The van der Waals surface area contributed by atoms with E-state index in [1.165, 1.54) is 11.1 Å². The van der Waals surface area contributed by atoms with E-state index in [9.17, 15) is 14.7 Å². The molecule has 2 aromatic carbocycles. The van der Waals surface area contributed by atoms with Crippen molar-refractivity contribution in [3.63, 3.8) is 0 Å². The number of aliphatic hydroxyl groups excluding tert-OH is 1. The molecule has 34 heavy (non-hydrogen) atoms. The first kappa shape index (κ1) is 22.2. The molecule has 8 nitrogen and oxygen atoms in total. The molecule has 0 spiro atoms. The molecule has 0 bridgehead atoms. The molecule has 0 saturated heterocycles. The van der Waals surface area contributed by atoms with E-state index in [1.54, 1.807) is 48.1 Å². The standard InChI is InChI=1S/C26H27N5O3/c1-18-27-12-19(13-28-18)14-30-24-9-5-4-8-23(24)25(33)31(26(30)34)17-22(32)16-29-11-10-20-6-2-3-7-21(20)15-29/h2-9,12-13,22,32H,10-11,14-17H2,1H3. The van der Waals surface area contributed by atoms with E-state index in [1.807, 2.05) is 12.1 Å². The van der Waals surface area contributed by atoms with Crippen LogP contribution in [0.1, 0.15) is 22.5 Å². The lowest BCUT2D eigenvalue weighted by molar-refractivity contribution is 0.0897. The van der Waals surface area contributed by atoms with Crippen LogP contribution in [0.2, 0.25) is 0 Å². The number of β-amino-alcohol motifs (C(OH)–C–C–N with tert-alkyl or cyclic N) is 1. The SMILES string of the molecule is Cc1ncc(Cn2c(=O)n(CC(O)CN3CCc4ccccc4C3)c(=O)c3ccccc32)cn1. The Labute approximate surface area is 196 Å². The van der Waals surface area contributed by atoms with Gasteiger partial charge in [-0.15, -0.1) is 0 Å². The van der Waals surface area contributed by atoms with Crippen molar-refractivity contribution >= 4 is 10.9 Å². The van der Waals surface area contributed by atoms with Crippen LogP contribution in [0.25, 0.3) is 10.9 Å². The minimum Gasteiger partial charge on any atom is -0.390 e. The summed E-state index contributed by atoms with van der Waals surface area (Å²) in [7, 11) is 0. The predicted octanol–water partition coefficient (Wildman–Crippen LogP) is 1.73. The zero-order chi connectivity index (χ0) is 23.7. The second-order valence-electron chi connectivity index (χ2n) is 8.85. The van der Waals surface area contributed by atoms with Gasteiger partial charge in [0.25, 0.3) is 5.56 Å². The molecule has 0 fully saturated rings. The molecule has 0 radical (unpaired) electrons. The van der Waals surface area contributed by atoms with E-state index in [2.05, 4.69) is 27.0 Å². The Bertz CT molecular complexity index is 1440.